The number of ether oxygens (including phenoxy) is 3. The van der Waals surface area contributed by atoms with Crippen LogP contribution >= 0.6 is 12.6 Å². The van der Waals surface area contributed by atoms with Crippen LogP contribution in [-0.2, 0) is 33.4 Å². The van der Waals surface area contributed by atoms with E-state index in [0.29, 0.717) is 64.9 Å². The average Bonchev–Trinajstić information content (AvgIpc) is 3.20. The molecule has 0 aromatic carbocycles. The number of amides is 4. The normalized spacial score (nSPS) is 12.3. The Labute approximate surface area is 351 Å². The average molecular weight is 833 g/mol. The number of aliphatic hydroxyl groups excluding tert-OH is 1. The van der Waals surface area contributed by atoms with Gasteiger partial charge in [0.25, 0.3) is 0 Å². The largest absolute Gasteiger partial charge is 0.394 e. The predicted molar refractivity (Wildman–Crippen MR) is 232 cm³/mol. The van der Waals surface area contributed by atoms with Crippen molar-refractivity contribution in [1.82, 2.24) is 21.3 Å². The lowest BCUT2D eigenvalue weighted by Crippen LogP contribution is -2.42. The topological polar surface area (TPSA) is 216 Å². The molecule has 0 fully saturated rings. The molecule has 336 valence electrons. The number of hydrogen-bond acceptors (Lipinski definition) is 11. The smallest absolute Gasteiger partial charge is 0.246 e. The van der Waals surface area contributed by atoms with Crippen LogP contribution < -0.4 is 32.7 Å². The summed E-state index contributed by atoms with van der Waals surface area (Å²) in [5.74, 6) is 0.412. The minimum Gasteiger partial charge on any atom is -0.394 e. The van der Waals surface area contributed by atoms with Gasteiger partial charge in [0, 0.05) is 32.6 Å². The van der Waals surface area contributed by atoms with Gasteiger partial charge in [0.2, 0.25) is 23.6 Å². The van der Waals surface area contributed by atoms with Crippen molar-refractivity contribution in [2.75, 3.05) is 78.2 Å². The van der Waals surface area contributed by atoms with Crippen LogP contribution in [0.15, 0.2) is 0 Å². The molecule has 0 spiro atoms. The predicted octanol–water partition coefficient (Wildman–Crippen LogP) is 4.44. The number of aliphatic hydroxyl groups is 1. The van der Waals surface area contributed by atoms with E-state index in [2.05, 4.69) is 33.9 Å². The van der Waals surface area contributed by atoms with Gasteiger partial charge in [-0.15, -0.1) is 0 Å². The first-order chi connectivity index (χ1) is 27.8. The lowest BCUT2D eigenvalue weighted by molar-refractivity contribution is -0.126. The van der Waals surface area contributed by atoms with E-state index >= 15 is 0 Å². The highest BCUT2D eigenvalue weighted by Crippen LogP contribution is 2.14. The summed E-state index contributed by atoms with van der Waals surface area (Å²) < 4.78 is 15.7. The molecule has 0 saturated carbocycles. The molecule has 0 rings (SSSR count). The maximum Gasteiger partial charge on any atom is 0.246 e. The van der Waals surface area contributed by atoms with Crippen molar-refractivity contribution in [3.63, 3.8) is 0 Å². The second-order valence-electron chi connectivity index (χ2n) is 15.0. The van der Waals surface area contributed by atoms with Gasteiger partial charge in [-0.25, -0.2) is 0 Å². The van der Waals surface area contributed by atoms with Crippen molar-refractivity contribution >= 4 is 36.3 Å². The lowest BCUT2D eigenvalue weighted by atomic mass is 10.0. The molecule has 0 saturated heterocycles. The highest BCUT2D eigenvalue weighted by atomic mass is 32.1. The van der Waals surface area contributed by atoms with Crippen LogP contribution in [0.25, 0.3) is 0 Å². The zero-order valence-electron chi connectivity index (χ0n) is 35.5. The third-order valence-electron chi connectivity index (χ3n) is 9.70. The fraction of sp³-hybridized carbons (Fsp3) is 0.905. The highest BCUT2D eigenvalue weighted by Gasteiger charge is 2.14. The summed E-state index contributed by atoms with van der Waals surface area (Å²) in [4.78, 5) is 48.3. The van der Waals surface area contributed by atoms with Gasteiger partial charge in [0.1, 0.15) is 6.61 Å². The fourth-order valence-corrected chi connectivity index (χ4v) is 6.41. The summed E-state index contributed by atoms with van der Waals surface area (Å²) in [5, 5.41) is 19.8. The van der Waals surface area contributed by atoms with E-state index < -0.39 is 12.1 Å². The van der Waals surface area contributed by atoms with E-state index in [1.807, 2.05) is 0 Å². The van der Waals surface area contributed by atoms with E-state index in [1.54, 1.807) is 0 Å². The summed E-state index contributed by atoms with van der Waals surface area (Å²) in [5.41, 5.74) is 12.0. The number of carbonyl (C=O) groups is 4. The minimum atomic E-state index is -0.651. The van der Waals surface area contributed by atoms with Gasteiger partial charge in [-0.05, 0) is 57.1 Å². The molecule has 0 aromatic rings. The van der Waals surface area contributed by atoms with Crippen LogP contribution in [0.2, 0.25) is 0 Å². The van der Waals surface area contributed by atoms with Gasteiger partial charge in [-0.3, -0.25) is 19.2 Å². The molecule has 0 aliphatic carbocycles. The Hall–Kier alpha value is -2.01. The third kappa shape index (κ3) is 40.6. The number of thiol groups is 1. The minimum absolute atomic E-state index is 0.0576. The Morgan fingerprint density at radius 3 is 1.37 bits per heavy atom. The molecule has 0 bridgehead atoms. The molecule has 2 atom stereocenters. The zero-order valence-corrected chi connectivity index (χ0v) is 36.4. The zero-order chi connectivity index (χ0) is 41.9. The fourth-order valence-electron chi connectivity index (χ4n) is 6.19. The number of carbonyl (C=O) groups excluding carboxylic acids is 4. The van der Waals surface area contributed by atoms with Crippen molar-refractivity contribution in [2.45, 2.75) is 166 Å². The molecular weight excluding hydrogens is 749 g/mol. The lowest BCUT2D eigenvalue weighted by Gasteiger charge is -2.14. The Morgan fingerprint density at radius 2 is 0.860 bits per heavy atom. The Kier molecular flexibility index (Phi) is 42.0. The quantitative estimate of drug-likeness (QED) is 0.0319. The molecule has 9 N–H and O–H groups in total. The molecule has 0 radical (unpaired) electrons. The molecule has 0 heterocycles. The molecular formula is C42H84N6O8S. The van der Waals surface area contributed by atoms with Crippen LogP contribution in [0.5, 0.6) is 0 Å². The Morgan fingerprint density at radius 1 is 0.456 bits per heavy atom. The highest BCUT2D eigenvalue weighted by molar-refractivity contribution is 7.80. The maximum absolute atomic E-state index is 12.3. The van der Waals surface area contributed by atoms with Gasteiger partial charge in [0.05, 0.1) is 51.7 Å². The summed E-state index contributed by atoms with van der Waals surface area (Å²) in [6.45, 7) is 2.93. The monoisotopic (exact) mass is 833 g/mol. The number of rotatable bonds is 44. The summed E-state index contributed by atoms with van der Waals surface area (Å²) in [7, 11) is 0. The van der Waals surface area contributed by atoms with Gasteiger partial charge >= 0.3 is 0 Å². The summed E-state index contributed by atoms with van der Waals surface area (Å²) in [6.07, 6.45) is 26.8. The Balaban J connectivity index is 3.53. The first-order valence-corrected chi connectivity index (χ1v) is 23.0. The summed E-state index contributed by atoms with van der Waals surface area (Å²) >= 11 is 4.27. The van der Waals surface area contributed by atoms with Crippen LogP contribution in [-0.4, -0.2) is 119 Å². The first-order valence-electron chi connectivity index (χ1n) is 22.4. The van der Waals surface area contributed by atoms with Crippen molar-refractivity contribution in [2.24, 2.45) is 11.5 Å². The maximum atomic E-state index is 12.3. The molecule has 57 heavy (non-hydrogen) atoms. The molecule has 0 aliphatic rings. The first kappa shape index (κ1) is 55.0. The molecule has 0 unspecified atom stereocenters. The van der Waals surface area contributed by atoms with E-state index in [0.717, 1.165) is 31.4 Å². The molecule has 4 amide bonds. The van der Waals surface area contributed by atoms with E-state index in [9.17, 15) is 19.2 Å². The van der Waals surface area contributed by atoms with Crippen LogP contribution in [0.4, 0.5) is 0 Å². The van der Waals surface area contributed by atoms with Crippen LogP contribution in [0.1, 0.15) is 154 Å². The molecule has 14 nitrogen and oxygen atoms in total. The number of unbranched alkanes of at least 4 members (excludes halogenated alkanes) is 18. The number of nitrogens with two attached hydrogens (primary N) is 2. The van der Waals surface area contributed by atoms with Gasteiger partial charge in [0.15, 0.2) is 0 Å². The van der Waals surface area contributed by atoms with Crippen LogP contribution in [0.3, 0.4) is 0 Å². The summed E-state index contributed by atoms with van der Waals surface area (Å²) in [6, 6.07) is -1.24. The van der Waals surface area contributed by atoms with Gasteiger partial charge < -0.3 is 52.1 Å². The van der Waals surface area contributed by atoms with Gasteiger partial charge in [-0.2, -0.15) is 12.6 Å². The van der Waals surface area contributed by atoms with Crippen molar-refractivity contribution in [1.29, 1.82) is 0 Å². The SMILES string of the molecule is N[C@@H](CCCCNC(=O)CCCCCCCCCCCCCCCCCCCS)C(=O)NCCCC[C@H](N)C(=O)NCCOCCOCC(=O)NCCOCCO. The number of hydrogen-bond donors (Lipinski definition) is 8. The standard InChI is InChI=1S/C42H84N6O8S/c43-37(22-17-19-25-45-39(50)24-16-14-12-10-8-6-4-2-1-3-5-7-9-11-13-15-21-35-57)41(52)47-26-20-18-23-38(44)42(53)48-28-31-55-33-34-56-36-40(51)46-27-30-54-32-29-49/h37-38,49,57H,1-36,43-44H2,(H,45,50)(H,46,51)(H,47,52)(H,48,53)/t37-,38-/m0/s1. The molecule has 0 aromatic heterocycles. The van der Waals surface area contributed by atoms with Crippen LogP contribution in [0, 0.1) is 0 Å². The molecule has 15 heteroatoms. The van der Waals surface area contributed by atoms with Crippen molar-refractivity contribution in [3.8, 4) is 0 Å². The number of nitrogens with one attached hydrogen (secondary N) is 4. The van der Waals surface area contributed by atoms with E-state index in [1.165, 1.54) is 96.3 Å². The van der Waals surface area contributed by atoms with Crippen molar-refractivity contribution < 1.29 is 38.5 Å². The van der Waals surface area contributed by atoms with Gasteiger partial charge in [-0.1, -0.05) is 96.3 Å². The second kappa shape index (κ2) is 43.6. The van der Waals surface area contributed by atoms with E-state index in [4.69, 9.17) is 30.8 Å². The second-order valence-corrected chi connectivity index (χ2v) is 15.4. The van der Waals surface area contributed by atoms with E-state index in [-0.39, 0.29) is 63.3 Å². The Bertz CT molecular complexity index is 954. The van der Waals surface area contributed by atoms with Crippen molar-refractivity contribution in [3.05, 3.63) is 0 Å². The molecule has 0 aliphatic heterocycles. The third-order valence-corrected chi connectivity index (χ3v) is 10.0.